The van der Waals surface area contributed by atoms with Crippen molar-refractivity contribution < 1.29 is 4.74 Å². The number of aryl methyl sites for hydroxylation is 1. The number of nitrogens with one attached hydrogen (secondary N) is 1. The van der Waals surface area contributed by atoms with Crippen LogP contribution in [0.1, 0.15) is 29.9 Å². The van der Waals surface area contributed by atoms with Crippen LogP contribution < -0.4 is 10.1 Å². The fourth-order valence-corrected chi connectivity index (χ4v) is 2.86. The molecule has 1 unspecified atom stereocenters. The van der Waals surface area contributed by atoms with E-state index in [2.05, 4.69) is 41.5 Å². The Bertz CT molecular complexity index is 584. The molecule has 2 aromatic rings. The average molecular weight is 302 g/mol. The summed E-state index contributed by atoms with van der Waals surface area (Å²) in [7, 11) is 3.66. The number of aromatic nitrogens is 1. The molecule has 0 aliphatic carbocycles. The molecule has 0 fully saturated rings. The van der Waals surface area contributed by atoms with Gasteiger partial charge in [0.2, 0.25) is 0 Å². The van der Waals surface area contributed by atoms with Crippen molar-refractivity contribution in [3.63, 3.8) is 0 Å². The number of ether oxygens (including phenoxy) is 1. The lowest BCUT2D eigenvalue weighted by atomic mass is 10.1. The number of methoxy groups -OCH3 is 1. The minimum atomic E-state index is 0.381. The van der Waals surface area contributed by atoms with Crippen LogP contribution in [0, 0.1) is 6.92 Å². The number of rotatable bonds is 6. The van der Waals surface area contributed by atoms with Crippen LogP contribution in [0.25, 0.3) is 0 Å². The molecular formula is C17H22N2OS. The highest BCUT2D eigenvalue weighted by Gasteiger charge is 2.04. The Balaban J connectivity index is 2.01. The summed E-state index contributed by atoms with van der Waals surface area (Å²) in [6.45, 7) is 4.15. The summed E-state index contributed by atoms with van der Waals surface area (Å²) >= 11 is 1.79. The van der Waals surface area contributed by atoms with E-state index in [0.29, 0.717) is 6.04 Å². The van der Waals surface area contributed by atoms with Gasteiger partial charge in [-0.25, -0.2) is 0 Å². The summed E-state index contributed by atoms with van der Waals surface area (Å²) in [6.07, 6.45) is 0. The summed E-state index contributed by atoms with van der Waals surface area (Å²) in [5, 5.41) is 3.25. The van der Waals surface area contributed by atoms with Gasteiger partial charge in [-0.2, -0.15) is 0 Å². The molecule has 0 saturated carbocycles. The smallest absolute Gasteiger partial charge is 0.122 e. The van der Waals surface area contributed by atoms with Crippen LogP contribution >= 0.6 is 11.8 Å². The highest BCUT2D eigenvalue weighted by Crippen LogP contribution is 2.25. The average Bonchev–Trinajstić information content (AvgIpc) is 2.52. The second-order valence-electron chi connectivity index (χ2n) is 5.01. The van der Waals surface area contributed by atoms with Crippen LogP contribution in [-0.2, 0) is 5.75 Å². The highest BCUT2D eigenvalue weighted by molar-refractivity contribution is 7.98. The molecular weight excluding hydrogens is 280 g/mol. The van der Waals surface area contributed by atoms with Crippen molar-refractivity contribution in [3.05, 3.63) is 53.3 Å². The van der Waals surface area contributed by atoms with Crippen molar-refractivity contribution in [1.82, 2.24) is 10.3 Å². The third-order valence-corrected chi connectivity index (χ3v) is 4.46. The molecule has 1 atom stereocenters. The minimum absolute atomic E-state index is 0.381. The van der Waals surface area contributed by atoms with Crippen molar-refractivity contribution in [1.29, 1.82) is 0 Å². The van der Waals surface area contributed by atoms with Crippen molar-refractivity contribution in [2.75, 3.05) is 14.2 Å². The van der Waals surface area contributed by atoms with Gasteiger partial charge in [0.15, 0.2) is 0 Å². The summed E-state index contributed by atoms with van der Waals surface area (Å²) in [6, 6.07) is 13.0. The van der Waals surface area contributed by atoms with Crippen LogP contribution in [0.4, 0.5) is 0 Å². The number of benzene rings is 1. The molecule has 1 N–H and O–H groups in total. The van der Waals surface area contributed by atoms with Crippen LogP contribution in [0.15, 0.2) is 41.3 Å². The van der Waals surface area contributed by atoms with Gasteiger partial charge in [0.1, 0.15) is 5.75 Å². The molecule has 21 heavy (non-hydrogen) atoms. The minimum Gasteiger partial charge on any atom is -0.497 e. The first-order valence-electron chi connectivity index (χ1n) is 7.04. The Kier molecular flexibility index (Phi) is 5.65. The lowest BCUT2D eigenvalue weighted by Crippen LogP contribution is -2.11. The second-order valence-corrected chi connectivity index (χ2v) is 6.06. The molecule has 0 amide bonds. The van der Waals surface area contributed by atoms with Crippen LogP contribution in [0.3, 0.4) is 0 Å². The van der Waals surface area contributed by atoms with Crippen LogP contribution in [0.2, 0.25) is 0 Å². The molecule has 2 rings (SSSR count). The molecule has 0 radical (unpaired) electrons. The molecule has 1 aromatic carbocycles. The fraction of sp³-hybridized carbons (Fsp3) is 0.353. The molecule has 1 heterocycles. The van der Waals surface area contributed by atoms with E-state index in [9.17, 15) is 0 Å². The van der Waals surface area contributed by atoms with Gasteiger partial charge in [-0.1, -0.05) is 12.1 Å². The van der Waals surface area contributed by atoms with E-state index in [-0.39, 0.29) is 0 Å². The highest BCUT2D eigenvalue weighted by atomic mass is 32.2. The second kappa shape index (κ2) is 7.48. The molecule has 3 nitrogen and oxygen atoms in total. The predicted molar refractivity (Wildman–Crippen MR) is 89.0 cm³/mol. The summed E-state index contributed by atoms with van der Waals surface area (Å²) in [5.74, 6) is 1.72. The molecule has 0 saturated heterocycles. The zero-order valence-corrected chi connectivity index (χ0v) is 13.8. The SMILES string of the molecule is CNC(C)c1ccc(SCc2cc(OC)cc(C)n2)cc1. The molecule has 0 aliphatic rings. The third kappa shape index (κ3) is 4.48. The van der Waals surface area contributed by atoms with Crippen molar-refractivity contribution in [2.24, 2.45) is 0 Å². The normalized spacial score (nSPS) is 12.2. The number of nitrogens with zero attached hydrogens (tertiary/aromatic N) is 1. The van der Waals surface area contributed by atoms with E-state index in [1.165, 1.54) is 10.5 Å². The van der Waals surface area contributed by atoms with E-state index in [4.69, 9.17) is 4.74 Å². The number of hydrogen-bond donors (Lipinski definition) is 1. The Morgan fingerprint density at radius 2 is 1.95 bits per heavy atom. The van der Waals surface area contributed by atoms with Crippen molar-refractivity contribution in [3.8, 4) is 5.75 Å². The molecule has 0 aliphatic heterocycles. The van der Waals surface area contributed by atoms with E-state index in [0.717, 1.165) is 22.9 Å². The van der Waals surface area contributed by atoms with Gasteiger partial charge in [-0.15, -0.1) is 11.8 Å². The Labute approximate surface area is 131 Å². The van der Waals surface area contributed by atoms with Crippen LogP contribution in [0.5, 0.6) is 5.75 Å². The Morgan fingerprint density at radius 1 is 1.24 bits per heavy atom. The van der Waals surface area contributed by atoms with Crippen molar-refractivity contribution >= 4 is 11.8 Å². The van der Waals surface area contributed by atoms with E-state index in [1.807, 2.05) is 26.1 Å². The van der Waals surface area contributed by atoms with Gasteiger partial charge in [0.05, 0.1) is 12.8 Å². The predicted octanol–water partition coefficient (Wildman–Crippen LogP) is 3.97. The lowest BCUT2D eigenvalue weighted by molar-refractivity contribution is 0.413. The van der Waals surface area contributed by atoms with Gasteiger partial charge < -0.3 is 10.1 Å². The fourth-order valence-electron chi connectivity index (χ4n) is 2.07. The Hall–Kier alpha value is -1.52. The molecule has 0 spiro atoms. The summed E-state index contributed by atoms with van der Waals surface area (Å²) in [5.41, 5.74) is 3.34. The maximum atomic E-state index is 5.29. The number of thioether (sulfide) groups is 1. The summed E-state index contributed by atoms with van der Waals surface area (Å²) in [4.78, 5) is 5.80. The first-order valence-corrected chi connectivity index (χ1v) is 8.02. The van der Waals surface area contributed by atoms with Gasteiger partial charge in [0.25, 0.3) is 0 Å². The number of hydrogen-bond acceptors (Lipinski definition) is 4. The Morgan fingerprint density at radius 3 is 2.57 bits per heavy atom. The zero-order chi connectivity index (χ0) is 15.2. The largest absolute Gasteiger partial charge is 0.497 e. The maximum absolute atomic E-state index is 5.29. The van der Waals surface area contributed by atoms with Gasteiger partial charge >= 0.3 is 0 Å². The monoisotopic (exact) mass is 302 g/mol. The molecule has 1 aromatic heterocycles. The third-order valence-electron chi connectivity index (χ3n) is 3.42. The van der Waals surface area contributed by atoms with E-state index < -0.39 is 0 Å². The first-order chi connectivity index (χ1) is 10.1. The van der Waals surface area contributed by atoms with Gasteiger partial charge in [-0.3, -0.25) is 4.98 Å². The summed E-state index contributed by atoms with van der Waals surface area (Å²) < 4.78 is 5.29. The lowest BCUT2D eigenvalue weighted by Gasteiger charge is -2.11. The topological polar surface area (TPSA) is 34.1 Å². The first kappa shape index (κ1) is 15.9. The standard InChI is InChI=1S/C17H22N2OS/c1-12-9-16(20-4)10-15(19-12)11-21-17-7-5-14(6-8-17)13(2)18-3/h5-10,13,18H,11H2,1-4H3. The maximum Gasteiger partial charge on any atom is 0.122 e. The van der Waals surface area contributed by atoms with E-state index in [1.54, 1.807) is 18.9 Å². The molecule has 0 bridgehead atoms. The number of pyridine rings is 1. The van der Waals surface area contributed by atoms with Crippen molar-refractivity contribution in [2.45, 2.75) is 30.5 Å². The zero-order valence-electron chi connectivity index (χ0n) is 13.0. The molecule has 4 heteroatoms. The van der Waals surface area contributed by atoms with Crippen LogP contribution in [-0.4, -0.2) is 19.1 Å². The van der Waals surface area contributed by atoms with E-state index >= 15 is 0 Å². The van der Waals surface area contributed by atoms with Gasteiger partial charge in [0, 0.05) is 34.5 Å². The molecule has 112 valence electrons. The quantitative estimate of drug-likeness (QED) is 0.819. The van der Waals surface area contributed by atoms with Gasteiger partial charge in [-0.05, 0) is 38.6 Å².